The van der Waals surface area contributed by atoms with Crippen molar-refractivity contribution in [3.8, 4) is 5.75 Å². The first kappa shape index (κ1) is 19.5. The lowest BCUT2D eigenvalue weighted by Gasteiger charge is -2.10. The summed E-state index contributed by atoms with van der Waals surface area (Å²) in [6, 6.07) is 15.2. The summed E-state index contributed by atoms with van der Waals surface area (Å²) in [5, 5.41) is 2.81. The second-order valence-electron chi connectivity index (χ2n) is 6.32. The predicted octanol–water partition coefficient (Wildman–Crippen LogP) is 3.29. The fraction of sp³-hybridized carbons (Fsp3) is 0.333. The summed E-state index contributed by atoms with van der Waals surface area (Å²) in [7, 11) is 3.50. The van der Waals surface area contributed by atoms with Crippen molar-refractivity contribution in [3.05, 3.63) is 59.7 Å². The third-order valence-electron chi connectivity index (χ3n) is 4.07. The molecule has 0 saturated carbocycles. The monoisotopic (exact) mass is 354 g/mol. The van der Waals surface area contributed by atoms with Crippen molar-refractivity contribution in [2.45, 2.75) is 26.2 Å². The Bertz CT molecular complexity index is 722. The van der Waals surface area contributed by atoms with Crippen molar-refractivity contribution < 1.29 is 14.3 Å². The Labute approximate surface area is 155 Å². The van der Waals surface area contributed by atoms with Gasteiger partial charge in [0, 0.05) is 26.2 Å². The van der Waals surface area contributed by atoms with Crippen molar-refractivity contribution in [2.24, 2.45) is 0 Å². The van der Waals surface area contributed by atoms with E-state index < -0.39 is 0 Å². The molecule has 0 aromatic heterocycles. The van der Waals surface area contributed by atoms with E-state index in [9.17, 15) is 9.59 Å². The van der Waals surface area contributed by atoms with Crippen molar-refractivity contribution in [1.29, 1.82) is 0 Å². The maximum Gasteiger partial charge on any atom is 0.262 e. The molecule has 0 aliphatic heterocycles. The van der Waals surface area contributed by atoms with Gasteiger partial charge in [0.15, 0.2) is 6.61 Å². The number of nitrogens with one attached hydrogen (secondary N) is 1. The summed E-state index contributed by atoms with van der Waals surface area (Å²) in [5.74, 6) is 0.574. The molecule has 0 aliphatic carbocycles. The Kier molecular flexibility index (Phi) is 7.21. The summed E-state index contributed by atoms with van der Waals surface area (Å²) in [4.78, 5) is 25.2. The third kappa shape index (κ3) is 6.24. The number of nitrogens with zero attached hydrogens (tertiary/aromatic N) is 1. The van der Waals surface area contributed by atoms with E-state index in [1.807, 2.05) is 48.5 Å². The average Bonchev–Trinajstić information content (AvgIpc) is 2.65. The summed E-state index contributed by atoms with van der Waals surface area (Å²) in [5.41, 5.74) is 3.00. The van der Waals surface area contributed by atoms with Gasteiger partial charge in [-0.1, -0.05) is 31.2 Å². The van der Waals surface area contributed by atoms with Crippen LogP contribution in [-0.4, -0.2) is 37.4 Å². The van der Waals surface area contributed by atoms with Crippen molar-refractivity contribution in [1.82, 2.24) is 4.90 Å². The van der Waals surface area contributed by atoms with E-state index in [2.05, 4.69) is 12.2 Å². The number of hydrogen-bond donors (Lipinski definition) is 1. The Morgan fingerprint density at radius 3 is 2.15 bits per heavy atom. The molecule has 5 nitrogen and oxygen atoms in total. The number of hydrogen-bond acceptors (Lipinski definition) is 3. The van der Waals surface area contributed by atoms with Crippen LogP contribution in [0, 0.1) is 0 Å². The lowest BCUT2D eigenvalue weighted by atomic mass is 10.1. The summed E-state index contributed by atoms with van der Waals surface area (Å²) in [6.45, 7) is 2.05. The molecule has 1 N–H and O–H groups in total. The molecule has 2 amide bonds. The number of amides is 2. The Hall–Kier alpha value is -2.82. The first-order valence-electron chi connectivity index (χ1n) is 8.78. The zero-order valence-electron chi connectivity index (χ0n) is 15.6. The van der Waals surface area contributed by atoms with Gasteiger partial charge in [0.05, 0.1) is 0 Å². The molecule has 0 unspecified atom stereocenters. The van der Waals surface area contributed by atoms with Crippen LogP contribution in [0.3, 0.4) is 0 Å². The maximum atomic E-state index is 12.0. The normalized spacial score (nSPS) is 10.3. The first-order chi connectivity index (χ1) is 12.5. The van der Waals surface area contributed by atoms with Gasteiger partial charge in [-0.25, -0.2) is 0 Å². The highest BCUT2D eigenvalue weighted by Gasteiger charge is 2.06. The molecule has 0 saturated heterocycles. The maximum absolute atomic E-state index is 12.0. The lowest BCUT2D eigenvalue weighted by Crippen LogP contribution is -2.21. The van der Waals surface area contributed by atoms with Crippen LogP contribution >= 0.6 is 0 Å². The van der Waals surface area contributed by atoms with Crippen LogP contribution in [0.1, 0.15) is 24.5 Å². The minimum Gasteiger partial charge on any atom is -0.484 e. The molecule has 0 heterocycles. The van der Waals surface area contributed by atoms with Crippen LogP contribution in [0.25, 0.3) is 0 Å². The average molecular weight is 354 g/mol. The van der Waals surface area contributed by atoms with Gasteiger partial charge < -0.3 is 15.0 Å². The largest absolute Gasteiger partial charge is 0.484 e. The van der Waals surface area contributed by atoms with Gasteiger partial charge in [-0.2, -0.15) is 0 Å². The Balaban J connectivity index is 1.78. The SMILES string of the molecule is CCc1ccc(OCC(=O)Nc2ccc(CCC(=O)N(C)C)cc2)cc1. The van der Waals surface area contributed by atoms with Crippen LogP contribution in [0.2, 0.25) is 0 Å². The van der Waals surface area contributed by atoms with E-state index >= 15 is 0 Å². The molecule has 0 atom stereocenters. The van der Waals surface area contributed by atoms with E-state index in [1.165, 1.54) is 5.56 Å². The molecule has 26 heavy (non-hydrogen) atoms. The standard InChI is InChI=1S/C21H26N2O3/c1-4-16-7-12-19(13-8-16)26-15-20(24)22-18-10-5-17(6-11-18)9-14-21(25)23(2)3/h5-8,10-13H,4,9,14-15H2,1-3H3,(H,22,24). The van der Waals surface area contributed by atoms with Gasteiger partial charge in [-0.3, -0.25) is 9.59 Å². The Morgan fingerprint density at radius 2 is 1.58 bits per heavy atom. The molecular weight excluding hydrogens is 328 g/mol. The molecular formula is C21H26N2O3. The smallest absolute Gasteiger partial charge is 0.262 e. The number of benzene rings is 2. The molecule has 2 rings (SSSR count). The molecule has 2 aromatic rings. The van der Waals surface area contributed by atoms with Crippen LogP contribution in [0.15, 0.2) is 48.5 Å². The quantitative estimate of drug-likeness (QED) is 0.791. The molecule has 2 aromatic carbocycles. The van der Waals surface area contributed by atoms with Gasteiger partial charge in [0.1, 0.15) is 5.75 Å². The van der Waals surface area contributed by atoms with Gasteiger partial charge in [0.25, 0.3) is 5.91 Å². The minimum absolute atomic E-state index is 0.0371. The zero-order valence-corrected chi connectivity index (χ0v) is 15.6. The molecule has 0 fully saturated rings. The topological polar surface area (TPSA) is 58.6 Å². The number of rotatable bonds is 8. The van der Waals surface area contributed by atoms with E-state index in [-0.39, 0.29) is 18.4 Å². The van der Waals surface area contributed by atoms with Crippen LogP contribution in [0.4, 0.5) is 5.69 Å². The van der Waals surface area contributed by atoms with E-state index in [4.69, 9.17) is 4.74 Å². The van der Waals surface area contributed by atoms with Crippen LogP contribution < -0.4 is 10.1 Å². The van der Waals surface area contributed by atoms with Gasteiger partial charge >= 0.3 is 0 Å². The fourth-order valence-corrected chi connectivity index (χ4v) is 2.40. The number of ether oxygens (including phenoxy) is 1. The Morgan fingerprint density at radius 1 is 0.962 bits per heavy atom. The van der Waals surface area contributed by atoms with E-state index in [0.717, 1.165) is 12.0 Å². The highest BCUT2D eigenvalue weighted by Crippen LogP contribution is 2.14. The van der Waals surface area contributed by atoms with E-state index in [1.54, 1.807) is 19.0 Å². The van der Waals surface area contributed by atoms with Gasteiger partial charge in [-0.15, -0.1) is 0 Å². The zero-order chi connectivity index (χ0) is 18.9. The highest BCUT2D eigenvalue weighted by atomic mass is 16.5. The summed E-state index contributed by atoms with van der Waals surface area (Å²) in [6.07, 6.45) is 2.13. The summed E-state index contributed by atoms with van der Waals surface area (Å²) >= 11 is 0. The second kappa shape index (κ2) is 9.61. The first-order valence-corrected chi connectivity index (χ1v) is 8.78. The van der Waals surface area contributed by atoms with Gasteiger partial charge in [0.2, 0.25) is 5.91 Å². The molecule has 5 heteroatoms. The fourth-order valence-electron chi connectivity index (χ4n) is 2.40. The molecule has 138 valence electrons. The second-order valence-corrected chi connectivity index (χ2v) is 6.32. The van der Waals surface area contributed by atoms with Crippen LogP contribution in [0.5, 0.6) is 5.75 Å². The van der Waals surface area contributed by atoms with Gasteiger partial charge in [-0.05, 0) is 48.2 Å². The molecule has 0 aliphatic rings. The highest BCUT2D eigenvalue weighted by molar-refractivity contribution is 5.91. The van der Waals surface area contributed by atoms with Crippen LogP contribution in [-0.2, 0) is 22.4 Å². The van der Waals surface area contributed by atoms with Crippen molar-refractivity contribution >= 4 is 17.5 Å². The van der Waals surface area contributed by atoms with Crippen molar-refractivity contribution in [2.75, 3.05) is 26.0 Å². The predicted molar refractivity (Wildman–Crippen MR) is 103 cm³/mol. The number of carbonyl (C=O) groups is 2. The lowest BCUT2D eigenvalue weighted by molar-refractivity contribution is -0.128. The summed E-state index contributed by atoms with van der Waals surface area (Å²) < 4.78 is 5.50. The molecule has 0 spiro atoms. The van der Waals surface area contributed by atoms with Crippen molar-refractivity contribution in [3.63, 3.8) is 0 Å². The molecule has 0 bridgehead atoms. The molecule has 0 radical (unpaired) electrons. The number of anilines is 1. The number of carbonyl (C=O) groups excluding carboxylic acids is 2. The van der Waals surface area contributed by atoms with E-state index in [0.29, 0.717) is 24.3 Å². The number of aryl methyl sites for hydroxylation is 2. The third-order valence-corrected chi connectivity index (χ3v) is 4.07. The minimum atomic E-state index is -0.208.